The van der Waals surface area contributed by atoms with E-state index in [0.717, 1.165) is 6.34 Å². The van der Waals surface area contributed by atoms with Gasteiger partial charge in [-0.25, -0.2) is 15.1 Å². The third kappa shape index (κ3) is 3.67. The zero-order valence-corrected chi connectivity index (χ0v) is 9.45. The van der Waals surface area contributed by atoms with Crippen LogP contribution in [0.15, 0.2) is 29.2 Å². The van der Waals surface area contributed by atoms with Crippen molar-refractivity contribution in [2.75, 3.05) is 26.2 Å². The highest BCUT2D eigenvalue weighted by molar-refractivity contribution is 5.53. The highest BCUT2D eigenvalue weighted by atomic mass is 16.7. The Bertz CT molecular complexity index is 356. The summed E-state index contributed by atoms with van der Waals surface area (Å²) in [6.45, 7) is 5.63. The molecule has 0 amide bonds. The lowest BCUT2D eigenvalue weighted by molar-refractivity contribution is -0.657. The molecule has 0 aromatic carbocycles. The summed E-state index contributed by atoms with van der Waals surface area (Å²) in [7, 11) is 0. The van der Waals surface area contributed by atoms with Gasteiger partial charge < -0.3 is 16.4 Å². The first-order valence-corrected chi connectivity index (χ1v) is 5.09. The standard InChI is InChI=1S/C9H16N6O2/c1-8(6-9(11)12-7-10)13-2-4-14(5-3-13)15(16)17/h6-7H,1-5,11H2,(H2,10,12)/b9-6-. The molecule has 4 N–H and O–H groups in total. The summed E-state index contributed by atoms with van der Waals surface area (Å²) in [6, 6.07) is 0. The fourth-order valence-corrected chi connectivity index (χ4v) is 1.53. The average Bonchev–Trinajstić information content (AvgIpc) is 2.29. The van der Waals surface area contributed by atoms with E-state index < -0.39 is 0 Å². The lowest BCUT2D eigenvalue weighted by atomic mass is 10.3. The largest absolute Gasteiger partial charge is 0.390 e. The SMILES string of the molecule is C=C(/C=C(/N)N=CN)N1CCN([N+](=O)[O-])CC1. The third-order valence-corrected chi connectivity index (χ3v) is 2.43. The summed E-state index contributed by atoms with van der Waals surface area (Å²) < 4.78 is 0. The van der Waals surface area contributed by atoms with Crippen LogP contribution in [-0.4, -0.2) is 47.5 Å². The molecule has 0 aromatic rings. The molecule has 0 radical (unpaired) electrons. The highest BCUT2D eigenvalue weighted by Gasteiger charge is 2.22. The van der Waals surface area contributed by atoms with Crippen LogP contribution >= 0.6 is 0 Å². The predicted octanol–water partition coefficient (Wildman–Crippen LogP) is -0.903. The van der Waals surface area contributed by atoms with E-state index in [0.29, 0.717) is 31.9 Å². The minimum absolute atomic E-state index is 0.259. The summed E-state index contributed by atoms with van der Waals surface area (Å²) >= 11 is 0. The Hall–Kier alpha value is -2.25. The topological polar surface area (TPSA) is 114 Å². The molecule has 1 fully saturated rings. The molecular weight excluding hydrogens is 224 g/mol. The molecule has 8 heteroatoms. The van der Waals surface area contributed by atoms with Crippen molar-refractivity contribution in [2.45, 2.75) is 0 Å². The Labute approximate surface area is 99.0 Å². The van der Waals surface area contributed by atoms with Crippen molar-refractivity contribution in [1.82, 2.24) is 9.91 Å². The quantitative estimate of drug-likeness (QED) is 0.216. The molecule has 1 rings (SSSR count). The Morgan fingerprint density at radius 2 is 2.00 bits per heavy atom. The van der Waals surface area contributed by atoms with Gasteiger partial charge in [0.25, 0.3) is 0 Å². The molecule has 0 spiro atoms. The number of hydrazine groups is 1. The summed E-state index contributed by atoms with van der Waals surface area (Å²) in [5.74, 6) is 0.259. The van der Waals surface area contributed by atoms with E-state index in [1.54, 1.807) is 6.08 Å². The zero-order valence-electron chi connectivity index (χ0n) is 9.45. The molecule has 0 aliphatic carbocycles. The van der Waals surface area contributed by atoms with E-state index in [1.165, 1.54) is 5.01 Å². The lowest BCUT2D eigenvalue weighted by Gasteiger charge is -2.31. The molecule has 1 aliphatic rings. The van der Waals surface area contributed by atoms with Crippen molar-refractivity contribution in [3.8, 4) is 0 Å². The monoisotopic (exact) mass is 240 g/mol. The minimum Gasteiger partial charge on any atom is -0.390 e. The molecule has 17 heavy (non-hydrogen) atoms. The molecular formula is C9H16N6O2. The summed E-state index contributed by atoms with van der Waals surface area (Å²) in [5, 5.41) is 11.3. The molecule has 1 aliphatic heterocycles. The summed E-state index contributed by atoms with van der Waals surface area (Å²) in [5.41, 5.74) is 11.3. The maximum Gasteiger partial charge on any atom is 0.160 e. The maximum atomic E-state index is 10.5. The Morgan fingerprint density at radius 3 is 2.47 bits per heavy atom. The van der Waals surface area contributed by atoms with Gasteiger partial charge in [-0.2, -0.15) is 0 Å². The van der Waals surface area contributed by atoms with Crippen LogP contribution in [0.3, 0.4) is 0 Å². The van der Waals surface area contributed by atoms with Crippen LogP contribution in [-0.2, 0) is 0 Å². The first kappa shape index (κ1) is 12.8. The van der Waals surface area contributed by atoms with E-state index in [9.17, 15) is 10.1 Å². The van der Waals surface area contributed by atoms with Crippen LogP contribution in [0.1, 0.15) is 0 Å². The number of aliphatic imine (C=N–C) groups is 1. The van der Waals surface area contributed by atoms with E-state index in [2.05, 4.69) is 11.6 Å². The van der Waals surface area contributed by atoms with Crippen LogP contribution in [0.4, 0.5) is 0 Å². The number of hydrogen-bond acceptors (Lipinski definition) is 5. The fourth-order valence-electron chi connectivity index (χ4n) is 1.53. The van der Waals surface area contributed by atoms with Crippen molar-refractivity contribution in [2.24, 2.45) is 16.5 Å². The number of nitrogens with two attached hydrogens (primary N) is 2. The van der Waals surface area contributed by atoms with Crippen LogP contribution in [0.25, 0.3) is 0 Å². The Balaban J connectivity index is 2.52. The van der Waals surface area contributed by atoms with Gasteiger partial charge in [0.15, 0.2) is 5.03 Å². The summed E-state index contributed by atoms with van der Waals surface area (Å²) in [6.07, 6.45) is 2.69. The molecule has 0 atom stereocenters. The van der Waals surface area contributed by atoms with Gasteiger partial charge in [-0.15, -0.1) is 5.01 Å². The number of rotatable bonds is 4. The second kappa shape index (κ2) is 5.73. The number of hydrogen-bond donors (Lipinski definition) is 2. The van der Waals surface area contributed by atoms with Gasteiger partial charge in [-0.05, 0) is 0 Å². The van der Waals surface area contributed by atoms with E-state index >= 15 is 0 Å². The second-order valence-corrected chi connectivity index (χ2v) is 3.52. The van der Waals surface area contributed by atoms with Crippen molar-refractivity contribution in [3.63, 3.8) is 0 Å². The maximum absolute atomic E-state index is 10.5. The molecule has 94 valence electrons. The van der Waals surface area contributed by atoms with E-state index in [1.807, 2.05) is 4.90 Å². The van der Waals surface area contributed by atoms with Crippen LogP contribution < -0.4 is 11.5 Å². The van der Waals surface area contributed by atoms with E-state index in [4.69, 9.17) is 11.5 Å². The van der Waals surface area contributed by atoms with Crippen molar-refractivity contribution in [3.05, 3.63) is 34.3 Å². The molecule has 8 nitrogen and oxygen atoms in total. The summed E-state index contributed by atoms with van der Waals surface area (Å²) in [4.78, 5) is 16.1. The second-order valence-electron chi connectivity index (χ2n) is 3.52. The van der Waals surface area contributed by atoms with E-state index in [-0.39, 0.29) is 10.9 Å². The highest BCUT2D eigenvalue weighted by Crippen LogP contribution is 2.10. The Kier molecular flexibility index (Phi) is 4.32. The smallest absolute Gasteiger partial charge is 0.160 e. The van der Waals surface area contributed by atoms with Crippen LogP contribution in [0.5, 0.6) is 0 Å². The van der Waals surface area contributed by atoms with Gasteiger partial charge in [0, 0.05) is 24.9 Å². The normalized spacial score (nSPS) is 17.5. The first-order chi connectivity index (χ1) is 8.04. The molecule has 0 bridgehead atoms. The number of allylic oxidation sites excluding steroid dienone is 1. The molecule has 1 heterocycles. The minimum atomic E-state index is -0.386. The third-order valence-electron chi connectivity index (χ3n) is 2.43. The predicted molar refractivity (Wildman–Crippen MR) is 64.2 cm³/mol. The first-order valence-electron chi connectivity index (χ1n) is 5.09. The van der Waals surface area contributed by atoms with Gasteiger partial charge in [0.1, 0.15) is 5.82 Å². The van der Waals surface area contributed by atoms with Gasteiger partial charge in [0.2, 0.25) is 0 Å². The number of nitrogens with zero attached hydrogens (tertiary/aromatic N) is 4. The number of nitro groups is 1. The van der Waals surface area contributed by atoms with Gasteiger partial charge >= 0.3 is 0 Å². The molecule has 0 saturated carbocycles. The number of piperazine rings is 1. The van der Waals surface area contributed by atoms with Crippen molar-refractivity contribution >= 4 is 6.34 Å². The van der Waals surface area contributed by atoms with Crippen LogP contribution in [0, 0.1) is 10.1 Å². The van der Waals surface area contributed by atoms with Gasteiger partial charge in [-0.1, -0.05) is 6.58 Å². The molecule has 1 saturated heterocycles. The van der Waals surface area contributed by atoms with Gasteiger partial charge in [0.05, 0.1) is 19.4 Å². The fraction of sp³-hybridized carbons (Fsp3) is 0.444. The van der Waals surface area contributed by atoms with Gasteiger partial charge in [-0.3, -0.25) is 0 Å². The Morgan fingerprint density at radius 1 is 1.41 bits per heavy atom. The molecule has 0 unspecified atom stereocenters. The average molecular weight is 240 g/mol. The van der Waals surface area contributed by atoms with Crippen LogP contribution in [0.2, 0.25) is 0 Å². The van der Waals surface area contributed by atoms with Crippen molar-refractivity contribution < 1.29 is 5.03 Å². The zero-order chi connectivity index (χ0) is 12.8. The molecule has 0 aromatic heterocycles. The van der Waals surface area contributed by atoms with Crippen molar-refractivity contribution in [1.29, 1.82) is 0 Å². The lowest BCUT2D eigenvalue weighted by Crippen LogP contribution is -2.47.